The van der Waals surface area contributed by atoms with Crippen molar-refractivity contribution < 1.29 is 4.92 Å². The van der Waals surface area contributed by atoms with Crippen LogP contribution in [0.3, 0.4) is 0 Å². The van der Waals surface area contributed by atoms with Gasteiger partial charge in [0.15, 0.2) is 0 Å². The molecule has 1 rings (SSSR count). The molecule has 0 bridgehead atoms. The number of hydrogen-bond donors (Lipinski definition) is 1. The minimum absolute atomic E-state index is 0.151. The average molecular weight is 254 g/mol. The summed E-state index contributed by atoms with van der Waals surface area (Å²) >= 11 is 1.84. The van der Waals surface area contributed by atoms with Gasteiger partial charge in [0.05, 0.1) is 4.92 Å². The maximum atomic E-state index is 10.5. The van der Waals surface area contributed by atoms with Crippen LogP contribution in [0.4, 0.5) is 5.69 Å². The van der Waals surface area contributed by atoms with E-state index >= 15 is 0 Å². The Labute approximate surface area is 106 Å². The van der Waals surface area contributed by atoms with Gasteiger partial charge in [0.25, 0.3) is 5.69 Å². The van der Waals surface area contributed by atoms with E-state index < -0.39 is 0 Å². The molecule has 0 amide bonds. The number of nitrogens with zero attached hydrogens (tertiary/aromatic N) is 1. The predicted molar refractivity (Wildman–Crippen MR) is 72.6 cm³/mol. The molecule has 1 aromatic carbocycles. The van der Waals surface area contributed by atoms with E-state index in [1.165, 1.54) is 0 Å². The molecular weight excluding hydrogens is 236 g/mol. The summed E-state index contributed by atoms with van der Waals surface area (Å²) in [5.74, 6) is 0. The first-order valence-electron chi connectivity index (χ1n) is 5.60. The highest BCUT2D eigenvalue weighted by atomic mass is 32.2. The van der Waals surface area contributed by atoms with Crippen LogP contribution in [0.25, 0.3) is 0 Å². The maximum Gasteiger partial charge on any atom is 0.269 e. The number of nitrogens with one attached hydrogen (secondary N) is 1. The normalized spacial score (nSPS) is 12.4. The fourth-order valence-electron chi connectivity index (χ4n) is 1.41. The third-order valence-electron chi connectivity index (χ3n) is 2.57. The molecule has 0 aliphatic carbocycles. The van der Waals surface area contributed by atoms with Gasteiger partial charge in [-0.25, -0.2) is 0 Å². The zero-order chi connectivity index (χ0) is 12.7. The SMILES string of the molecule is CSC(C)CNCCc1ccc([N+](=O)[O-])cc1. The molecule has 0 aliphatic heterocycles. The van der Waals surface area contributed by atoms with Crippen LogP contribution >= 0.6 is 11.8 Å². The highest BCUT2D eigenvalue weighted by Crippen LogP contribution is 2.12. The number of nitro groups is 1. The van der Waals surface area contributed by atoms with Crippen LogP contribution in [0.5, 0.6) is 0 Å². The van der Waals surface area contributed by atoms with Crippen molar-refractivity contribution in [2.24, 2.45) is 0 Å². The lowest BCUT2D eigenvalue weighted by molar-refractivity contribution is -0.384. The second kappa shape index (κ2) is 7.29. The maximum absolute atomic E-state index is 10.5. The summed E-state index contributed by atoms with van der Waals surface area (Å²) in [7, 11) is 0. The van der Waals surface area contributed by atoms with Crippen LogP contribution in [-0.4, -0.2) is 29.5 Å². The summed E-state index contributed by atoms with van der Waals surface area (Å²) in [5.41, 5.74) is 1.28. The third kappa shape index (κ3) is 5.19. The van der Waals surface area contributed by atoms with Crippen LogP contribution in [0.15, 0.2) is 24.3 Å². The van der Waals surface area contributed by atoms with Crippen molar-refractivity contribution in [1.82, 2.24) is 5.32 Å². The molecule has 1 atom stereocenters. The van der Waals surface area contributed by atoms with Gasteiger partial charge in [0.1, 0.15) is 0 Å². The van der Waals surface area contributed by atoms with E-state index in [9.17, 15) is 10.1 Å². The molecule has 0 aliphatic rings. The van der Waals surface area contributed by atoms with E-state index in [1.807, 2.05) is 23.9 Å². The van der Waals surface area contributed by atoms with Gasteiger partial charge in [-0.1, -0.05) is 19.1 Å². The van der Waals surface area contributed by atoms with Crippen molar-refractivity contribution in [3.8, 4) is 0 Å². The van der Waals surface area contributed by atoms with Gasteiger partial charge in [-0.3, -0.25) is 10.1 Å². The van der Waals surface area contributed by atoms with Crippen LogP contribution < -0.4 is 5.32 Å². The van der Waals surface area contributed by atoms with Gasteiger partial charge < -0.3 is 5.32 Å². The van der Waals surface area contributed by atoms with Crippen molar-refractivity contribution in [3.05, 3.63) is 39.9 Å². The molecule has 0 saturated heterocycles. The van der Waals surface area contributed by atoms with E-state index in [0.717, 1.165) is 25.1 Å². The van der Waals surface area contributed by atoms with E-state index in [2.05, 4.69) is 18.5 Å². The second-order valence-electron chi connectivity index (χ2n) is 3.92. The summed E-state index contributed by atoms with van der Waals surface area (Å²) in [6.07, 6.45) is 3.00. The predicted octanol–water partition coefficient (Wildman–Crippen LogP) is 2.48. The Kier molecular flexibility index (Phi) is 6.00. The van der Waals surface area contributed by atoms with Crippen molar-refractivity contribution in [2.45, 2.75) is 18.6 Å². The van der Waals surface area contributed by atoms with E-state index in [1.54, 1.807) is 12.1 Å². The lowest BCUT2D eigenvalue weighted by atomic mass is 10.1. The van der Waals surface area contributed by atoms with Crippen molar-refractivity contribution in [2.75, 3.05) is 19.3 Å². The molecule has 5 heteroatoms. The fourth-order valence-corrected chi connectivity index (χ4v) is 1.69. The molecule has 0 heterocycles. The Bertz CT molecular complexity index is 354. The Morgan fingerprint density at radius 3 is 2.59 bits per heavy atom. The molecule has 1 N–H and O–H groups in total. The van der Waals surface area contributed by atoms with Crippen molar-refractivity contribution in [1.29, 1.82) is 0 Å². The first kappa shape index (κ1) is 14.0. The number of hydrogen-bond acceptors (Lipinski definition) is 4. The van der Waals surface area contributed by atoms with Crippen LogP contribution in [0.2, 0.25) is 0 Å². The minimum Gasteiger partial charge on any atom is -0.315 e. The first-order chi connectivity index (χ1) is 8.13. The summed E-state index contributed by atoms with van der Waals surface area (Å²) < 4.78 is 0. The van der Waals surface area contributed by atoms with Gasteiger partial charge in [-0.2, -0.15) is 11.8 Å². The molecule has 4 nitrogen and oxygen atoms in total. The minimum atomic E-state index is -0.373. The molecular formula is C12H18N2O2S. The highest BCUT2D eigenvalue weighted by Gasteiger charge is 2.03. The van der Waals surface area contributed by atoms with Gasteiger partial charge in [-0.15, -0.1) is 0 Å². The summed E-state index contributed by atoms with van der Waals surface area (Å²) in [6.45, 7) is 4.08. The Morgan fingerprint density at radius 2 is 2.06 bits per heavy atom. The topological polar surface area (TPSA) is 55.2 Å². The summed E-state index contributed by atoms with van der Waals surface area (Å²) in [6, 6.07) is 6.75. The molecule has 0 fully saturated rings. The molecule has 0 spiro atoms. The highest BCUT2D eigenvalue weighted by molar-refractivity contribution is 7.99. The quantitative estimate of drug-likeness (QED) is 0.461. The van der Waals surface area contributed by atoms with Gasteiger partial charge in [0.2, 0.25) is 0 Å². The number of thioether (sulfide) groups is 1. The lowest BCUT2D eigenvalue weighted by Crippen LogP contribution is -2.24. The van der Waals surface area contributed by atoms with E-state index in [4.69, 9.17) is 0 Å². The molecule has 0 aromatic heterocycles. The third-order valence-corrected chi connectivity index (χ3v) is 3.54. The smallest absolute Gasteiger partial charge is 0.269 e. The van der Waals surface area contributed by atoms with Crippen LogP contribution in [-0.2, 0) is 6.42 Å². The van der Waals surface area contributed by atoms with Crippen molar-refractivity contribution in [3.63, 3.8) is 0 Å². The Morgan fingerprint density at radius 1 is 1.41 bits per heavy atom. The fraction of sp³-hybridized carbons (Fsp3) is 0.500. The lowest BCUT2D eigenvalue weighted by Gasteiger charge is -2.09. The largest absolute Gasteiger partial charge is 0.315 e. The Hall–Kier alpha value is -1.07. The molecule has 1 unspecified atom stereocenters. The van der Waals surface area contributed by atoms with E-state index in [0.29, 0.717) is 5.25 Å². The monoisotopic (exact) mass is 254 g/mol. The zero-order valence-corrected chi connectivity index (χ0v) is 11.0. The molecule has 1 aromatic rings. The van der Waals surface area contributed by atoms with Gasteiger partial charge in [-0.05, 0) is 24.8 Å². The zero-order valence-electron chi connectivity index (χ0n) is 10.2. The van der Waals surface area contributed by atoms with Crippen LogP contribution in [0, 0.1) is 10.1 Å². The number of nitro benzene ring substituents is 1. The summed E-state index contributed by atoms with van der Waals surface area (Å²) in [4.78, 5) is 10.1. The summed E-state index contributed by atoms with van der Waals surface area (Å²) in [5, 5.41) is 14.5. The molecule has 17 heavy (non-hydrogen) atoms. The van der Waals surface area contributed by atoms with Gasteiger partial charge >= 0.3 is 0 Å². The number of rotatable bonds is 7. The second-order valence-corrected chi connectivity index (χ2v) is 5.20. The van der Waals surface area contributed by atoms with E-state index in [-0.39, 0.29) is 10.6 Å². The number of benzene rings is 1. The number of non-ortho nitro benzene ring substituents is 1. The standard InChI is InChI=1S/C12H18N2O2S/c1-10(17-2)9-13-8-7-11-3-5-12(6-4-11)14(15)16/h3-6,10,13H,7-9H2,1-2H3. The molecule has 94 valence electrons. The van der Waals surface area contributed by atoms with Gasteiger partial charge in [0, 0.05) is 23.9 Å². The Balaban J connectivity index is 2.30. The van der Waals surface area contributed by atoms with Crippen LogP contribution in [0.1, 0.15) is 12.5 Å². The average Bonchev–Trinajstić information content (AvgIpc) is 2.34. The first-order valence-corrected chi connectivity index (χ1v) is 6.89. The van der Waals surface area contributed by atoms with Crippen molar-refractivity contribution >= 4 is 17.4 Å². The molecule has 0 radical (unpaired) electrons. The molecule has 0 saturated carbocycles.